The monoisotopic (exact) mass is 524 g/mol. The number of anilines is 1. The minimum atomic E-state index is -0.371. The van der Waals surface area contributed by atoms with Gasteiger partial charge in [-0.2, -0.15) is 9.61 Å². The molecule has 0 aliphatic rings. The molecule has 0 aliphatic heterocycles. The van der Waals surface area contributed by atoms with Gasteiger partial charge in [0.25, 0.3) is 5.91 Å². The Balaban J connectivity index is 1.33. The summed E-state index contributed by atoms with van der Waals surface area (Å²) >= 11 is 18.0. The number of carbonyl (C=O) groups is 1. The number of benzene rings is 2. The van der Waals surface area contributed by atoms with Crippen molar-refractivity contribution < 1.29 is 9.53 Å². The fourth-order valence-corrected chi connectivity index (χ4v) is 3.90. The molecule has 0 fully saturated rings. The molecule has 0 aliphatic carbocycles. The number of hydrogen-bond acceptors (Lipinski definition) is 6. The first kappa shape index (κ1) is 23.0. The highest BCUT2D eigenvalue weighted by molar-refractivity contribution is 6.43. The van der Waals surface area contributed by atoms with Crippen molar-refractivity contribution in [3.63, 3.8) is 0 Å². The summed E-state index contributed by atoms with van der Waals surface area (Å²) in [5.74, 6) is 0.425. The molecule has 3 aromatic heterocycles. The SMILES string of the molecule is O=C(COc1cc(Cl)c(Cl)cc1Cl)Nc1cccc(-c2ccc3nnc(-c4ccccn4)n3n2)c1. The van der Waals surface area contributed by atoms with Gasteiger partial charge in [0, 0.05) is 23.5 Å². The van der Waals surface area contributed by atoms with Crippen LogP contribution in [0.3, 0.4) is 0 Å². The number of nitrogens with one attached hydrogen (secondary N) is 1. The van der Waals surface area contributed by atoms with E-state index in [1.54, 1.807) is 16.8 Å². The van der Waals surface area contributed by atoms with Gasteiger partial charge in [0.1, 0.15) is 11.4 Å². The highest BCUT2D eigenvalue weighted by Gasteiger charge is 2.13. The van der Waals surface area contributed by atoms with Crippen molar-refractivity contribution in [2.24, 2.45) is 0 Å². The highest BCUT2D eigenvalue weighted by Crippen LogP contribution is 2.33. The molecule has 2 aromatic carbocycles. The average molecular weight is 526 g/mol. The summed E-state index contributed by atoms with van der Waals surface area (Å²) in [7, 11) is 0. The first-order valence-corrected chi connectivity index (χ1v) is 11.4. The van der Waals surface area contributed by atoms with Crippen LogP contribution in [0.15, 0.2) is 72.9 Å². The highest BCUT2D eigenvalue weighted by atomic mass is 35.5. The number of ether oxygens (including phenoxy) is 1. The Labute approximate surface area is 214 Å². The second-order valence-corrected chi connectivity index (χ2v) is 8.56. The molecular weight excluding hydrogens is 511 g/mol. The zero-order valence-electron chi connectivity index (χ0n) is 17.8. The van der Waals surface area contributed by atoms with Crippen molar-refractivity contribution in [3.05, 3.63) is 88.0 Å². The van der Waals surface area contributed by atoms with Gasteiger partial charge in [0.2, 0.25) is 5.82 Å². The Kier molecular flexibility index (Phi) is 6.50. The molecule has 1 N–H and O–H groups in total. The van der Waals surface area contributed by atoms with E-state index >= 15 is 0 Å². The normalized spacial score (nSPS) is 10.9. The van der Waals surface area contributed by atoms with Gasteiger partial charge >= 0.3 is 0 Å². The Morgan fingerprint density at radius 1 is 0.886 bits per heavy atom. The summed E-state index contributed by atoms with van der Waals surface area (Å²) in [5, 5.41) is 16.7. The van der Waals surface area contributed by atoms with Gasteiger partial charge in [-0.25, -0.2) is 0 Å². The van der Waals surface area contributed by atoms with Crippen LogP contribution in [0.25, 0.3) is 28.4 Å². The fourth-order valence-electron chi connectivity index (χ4n) is 3.31. The number of aromatic nitrogens is 5. The molecule has 0 spiro atoms. The summed E-state index contributed by atoms with van der Waals surface area (Å²) in [5.41, 5.74) is 3.29. The maximum atomic E-state index is 12.5. The molecule has 8 nitrogen and oxygen atoms in total. The van der Waals surface area contributed by atoms with Gasteiger partial charge < -0.3 is 10.1 Å². The number of amides is 1. The van der Waals surface area contributed by atoms with Crippen molar-refractivity contribution >= 4 is 52.0 Å². The summed E-state index contributed by atoms with van der Waals surface area (Å²) in [6.45, 7) is -0.264. The molecule has 11 heteroatoms. The van der Waals surface area contributed by atoms with Crippen molar-refractivity contribution in [1.82, 2.24) is 24.8 Å². The topological polar surface area (TPSA) is 94.3 Å². The van der Waals surface area contributed by atoms with Gasteiger partial charge in [-0.05, 0) is 42.5 Å². The summed E-state index contributed by atoms with van der Waals surface area (Å²) in [4.78, 5) is 16.8. The van der Waals surface area contributed by atoms with Crippen LogP contribution in [0.1, 0.15) is 0 Å². The van der Waals surface area contributed by atoms with Crippen LogP contribution >= 0.6 is 34.8 Å². The molecule has 174 valence electrons. The lowest BCUT2D eigenvalue weighted by molar-refractivity contribution is -0.118. The molecule has 0 saturated heterocycles. The molecule has 0 radical (unpaired) electrons. The molecule has 3 heterocycles. The minimum absolute atomic E-state index is 0.259. The van der Waals surface area contributed by atoms with Crippen LogP contribution < -0.4 is 10.1 Å². The van der Waals surface area contributed by atoms with E-state index in [2.05, 4.69) is 25.6 Å². The second-order valence-electron chi connectivity index (χ2n) is 7.34. The third-order valence-corrected chi connectivity index (χ3v) is 5.95. The molecule has 0 saturated carbocycles. The van der Waals surface area contributed by atoms with E-state index in [1.165, 1.54) is 12.1 Å². The second kappa shape index (κ2) is 9.87. The van der Waals surface area contributed by atoms with E-state index in [0.717, 1.165) is 5.56 Å². The van der Waals surface area contributed by atoms with Crippen LogP contribution in [0.4, 0.5) is 5.69 Å². The molecule has 0 bridgehead atoms. The van der Waals surface area contributed by atoms with E-state index < -0.39 is 0 Å². The standard InChI is InChI=1S/C24H15Cl3N6O2/c25-16-11-18(27)21(12-17(16)26)35-13-23(34)29-15-5-3-4-14(10-15)19-7-8-22-30-31-24(33(22)32-19)20-6-1-2-9-28-20/h1-12H,13H2,(H,29,34). The predicted octanol–water partition coefficient (Wildman–Crippen LogP) is 5.83. The van der Waals surface area contributed by atoms with E-state index in [1.807, 2.05) is 48.5 Å². The number of nitrogens with zero attached hydrogens (tertiary/aromatic N) is 5. The predicted molar refractivity (Wildman–Crippen MR) is 135 cm³/mol. The maximum absolute atomic E-state index is 12.5. The Morgan fingerprint density at radius 3 is 2.57 bits per heavy atom. The van der Waals surface area contributed by atoms with Gasteiger partial charge in [-0.3, -0.25) is 9.78 Å². The Bertz CT molecular complexity index is 1540. The largest absolute Gasteiger partial charge is 0.482 e. The minimum Gasteiger partial charge on any atom is -0.482 e. The number of halogens is 3. The molecule has 5 rings (SSSR count). The molecular formula is C24H15Cl3N6O2. The molecule has 5 aromatic rings. The van der Waals surface area contributed by atoms with Gasteiger partial charge in [-0.1, -0.05) is 53.0 Å². The summed E-state index contributed by atoms with van der Waals surface area (Å²) < 4.78 is 7.13. The number of pyridine rings is 1. The zero-order chi connectivity index (χ0) is 24.4. The Hall–Kier alpha value is -3.72. The van der Waals surface area contributed by atoms with Crippen LogP contribution in [0, 0.1) is 0 Å². The maximum Gasteiger partial charge on any atom is 0.262 e. The first-order chi connectivity index (χ1) is 17.0. The first-order valence-electron chi connectivity index (χ1n) is 10.3. The number of rotatable bonds is 6. The van der Waals surface area contributed by atoms with Crippen LogP contribution in [-0.4, -0.2) is 37.3 Å². The summed E-state index contributed by atoms with van der Waals surface area (Å²) in [6.07, 6.45) is 1.69. The van der Waals surface area contributed by atoms with E-state index in [-0.39, 0.29) is 28.3 Å². The van der Waals surface area contributed by atoms with E-state index in [9.17, 15) is 4.79 Å². The lowest BCUT2D eigenvalue weighted by atomic mass is 10.1. The smallest absolute Gasteiger partial charge is 0.262 e. The van der Waals surface area contributed by atoms with Crippen LogP contribution in [0.5, 0.6) is 5.75 Å². The number of fused-ring (bicyclic) bond motifs is 1. The molecule has 0 atom stereocenters. The Morgan fingerprint density at radius 2 is 1.74 bits per heavy atom. The van der Waals surface area contributed by atoms with Gasteiger partial charge in [0.15, 0.2) is 12.3 Å². The van der Waals surface area contributed by atoms with Crippen LogP contribution in [-0.2, 0) is 4.79 Å². The van der Waals surface area contributed by atoms with Crippen molar-refractivity contribution in [1.29, 1.82) is 0 Å². The van der Waals surface area contributed by atoms with Gasteiger partial charge in [0.05, 0.1) is 20.8 Å². The number of hydrogen-bond donors (Lipinski definition) is 1. The zero-order valence-corrected chi connectivity index (χ0v) is 20.1. The number of carbonyl (C=O) groups excluding carboxylic acids is 1. The molecule has 35 heavy (non-hydrogen) atoms. The fraction of sp³-hybridized carbons (Fsp3) is 0.0417. The van der Waals surface area contributed by atoms with Crippen LogP contribution in [0.2, 0.25) is 15.1 Å². The van der Waals surface area contributed by atoms with Crippen molar-refractivity contribution in [2.45, 2.75) is 0 Å². The molecule has 1 amide bonds. The van der Waals surface area contributed by atoms with E-state index in [4.69, 9.17) is 39.5 Å². The third-order valence-electron chi connectivity index (χ3n) is 4.93. The quantitative estimate of drug-likeness (QED) is 0.280. The lowest BCUT2D eigenvalue weighted by Gasteiger charge is -2.11. The average Bonchev–Trinajstić information content (AvgIpc) is 3.29. The van der Waals surface area contributed by atoms with Gasteiger partial charge in [-0.15, -0.1) is 10.2 Å². The molecule has 0 unspecified atom stereocenters. The summed E-state index contributed by atoms with van der Waals surface area (Å²) in [6, 6.07) is 19.4. The van der Waals surface area contributed by atoms with E-state index in [0.29, 0.717) is 33.6 Å². The lowest BCUT2D eigenvalue weighted by Crippen LogP contribution is -2.20. The van der Waals surface area contributed by atoms with Crippen molar-refractivity contribution in [3.8, 4) is 28.5 Å². The van der Waals surface area contributed by atoms with Crippen molar-refractivity contribution in [2.75, 3.05) is 11.9 Å². The third kappa shape index (κ3) is 5.05.